The summed E-state index contributed by atoms with van der Waals surface area (Å²) in [5.41, 5.74) is 0.760. The van der Waals surface area contributed by atoms with Crippen molar-refractivity contribution in [1.82, 2.24) is 9.21 Å². The molecule has 0 saturated carbocycles. The summed E-state index contributed by atoms with van der Waals surface area (Å²) in [5.74, 6) is -0.704. The standard InChI is InChI=1S/C16H16BrFN2O3S2/c1-11-2-3-12(10-13(11)18)16(21)19-6-8-20(9-7-19)25(22,23)15-5-4-14(17)24-15/h2-5,10H,6-9H2,1H3. The lowest BCUT2D eigenvalue weighted by atomic mass is 10.1. The van der Waals surface area contributed by atoms with Crippen molar-refractivity contribution in [3.63, 3.8) is 0 Å². The summed E-state index contributed by atoms with van der Waals surface area (Å²) in [7, 11) is -3.54. The fourth-order valence-corrected chi connectivity index (χ4v) is 6.19. The molecule has 0 N–H and O–H groups in total. The number of sulfonamides is 1. The highest BCUT2D eigenvalue weighted by atomic mass is 79.9. The summed E-state index contributed by atoms with van der Waals surface area (Å²) in [6.45, 7) is 2.63. The van der Waals surface area contributed by atoms with Gasteiger partial charge >= 0.3 is 0 Å². The van der Waals surface area contributed by atoms with E-state index in [0.29, 0.717) is 5.56 Å². The Morgan fingerprint density at radius 1 is 1.16 bits per heavy atom. The van der Waals surface area contributed by atoms with Crippen LogP contribution in [0, 0.1) is 12.7 Å². The van der Waals surface area contributed by atoms with Crippen molar-refractivity contribution in [2.24, 2.45) is 0 Å². The minimum absolute atomic E-state index is 0.220. The number of nitrogens with zero attached hydrogens (tertiary/aromatic N) is 2. The molecule has 2 aromatic rings. The highest BCUT2D eigenvalue weighted by Gasteiger charge is 2.31. The second kappa shape index (κ2) is 7.14. The second-order valence-corrected chi connectivity index (χ2v) is 10.3. The van der Waals surface area contributed by atoms with Crippen molar-refractivity contribution in [2.75, 3.05) is 26.2 Å². The molecule has 0 spiro atoms. The molecular formula is C16H16BrFN2O3S2. The Bertz CT molecular complexity index is 906. The van der Waals surface area contributed by atoms with Gasteiger partial charge in [0.25, 0.3) is 15.9 Å². The van der Waals surface area contributed by atoms with Gasteiger partial charge in [0.1, 0.15) is 10.0 Å². The smallest absolute Gasteiger partial charge is 0.254 e. The molecule has 9 heteroatoms. The third-order valence-electron chi connectivity index (χ3n) is 4.09. The van der Waals surface area contributed by atoms with Gasteiger partial charge in [0.05, 0.1) is 3.79 Å². The van der Waals surface area contributed by atoms with Gasteiger partial charge in [-0.05, 0) is 52.7 Å². The highest BCUT2D eigenvalue weighted by molar-refractivity contribution is 9.11. The van der Waals surface area contributed by atoms with Crippen molar-refractivity contribution in [2.45, 2.75) is 11.1 Å². The first kappa shape index (κ1) is 18.5. The molecule has 1 aromatic heterocycles. The van der Waals surface area contributed by atoms with Crippen LogP contribution in [0.2, 0.25) is 0 Å². The van der Waals surface area contributed by atoms with E-state index in [9.17, 15) is 17.6 Å². The molecule has 1 amide bonds. The Balaban J connectivity index is 1.69. The zero-order valence-corrected chi connectivity index (χ0v) is 16.6. The maximum atomic E-state index is 13.7. The molecule has 1 aromatic carbocycles. The first-order valence-corrected chi connectivity index (χ1v) is 10.6. The number of halogens is 2. The predicted molar refractivity (Wildman–Crippen MR) is 97.8 cm³/mol. The summed E-state index contributed by atoms with van der Waals surface area (Å²) in [6.07, 6.45) is 0. The highest BCUT2D eigenvalue weighted by Crippen LogP contribution is 2.29. The van der Waals surface area contributed by atoms with Crippen LogP contribution in [-0.4, -0.2) is 49.7 Å². The fraction of sp³-hybridized carbons (Fsp3) is 0.312. The molecule has 0 bridgehead atoms. The van der Waals surface area contributed by atoms with Gasteiger partial charge in [0.15, 0.2) is 0 Å². The van der Waals surface area contributed by atoms with E-state index < -0.39 is 15.8 Å². The zero-order chi connectivity index (χ0) is 18.2. The first-order chi connectivity index (χ1) is 11.8. The summed E-state index contributed by atoms with van der Waals surface area (Å²) in [5, 5.41) is 0. The fourth-order valence-electron chi connectivity index (χ4n) is 2.60. The summed E-state index contributed by atoms with van der Waals surface area (Å²) in [6, 6.07) is 7.65. The number of benzene rings is 1. The number of hydrogen-bond acceptors (Lipinski definition) is 4. The van der Waals surface area contributed by atoms with E-state index in [1.54, 1.807) is 36.1 Å². The van der Waals surface area contributed by atoms with E-state index >= 15 is 0 Å². The lowest BCUT2D eigenvalue weighted by molar-refractivity contribution is 0.0697. The quantitative estimate of drug-likeness (QED) is 0.727. The summed E-state index contributed by atoms with van der Waals surface area (Å²) in [4.78, 5) is 14.0. The molecule has 1 fully saturated rings. The van der Waals surface area contributed by atoms with Crippen LogP contribution in [0.25, 0.3) is 0 Å². The molecule has 0 aliphatic carbocycles. The van der Waals surface area contributed by atoms with Crippen LogP contribution < -0.4 is 0 Å². The normalized spacial score (nSPS) is 16.2. The molecule has 1 aliphatic heterocycles. The molecule has 1 saturated heterocycles. The van der Waals surface area contributed by atoms with Crippen LogP contribution >= 0.6 is 27.3 Å². The number of piperazine rings is 1. The topological polar surface area (TPSA) is 57.7 Å². The average Bonchev–Trinajstić information content (AvgIpc) is 3.04. The van der Waals surface area contributed by atoms with Gasteiger partial charge in [-0.15, -0.1) is 11.3 Å². The Hall–Kier alpha value is -1.29. The molecule has 0 radical (unpaired) electrons. The van der Waals surface area contributed by atoms with Gasteiger partial charge in [-0.1, -0.05) is 6.07 Å². The van der Waals surface area contributed by atoms with Crippen molar-refractivity contribution in [1.29, 1.82) is 0 Å². The molecule has 3 rings (SSSR count). The molecule has 134 valence electrons. The van der Waals surface area contributed by atoms with Crippen LogP contribution in [-0.2, 0) is 10.0 Å². The lowest BCUT2D eigenvalue weighted by Gasteiger charge is -2.33. The largest absolute Gasteiger partial charge is 0.336 e. The van der Waals surface area contributed by atoms with Crippen LogP contribution in [0.4, 0.5) is 4.39 Å². The summed E-state index contributed by atoms with van der Waals surface area (Å²) >= 11 is 4.43. The van der Waals surface area contributed by atoms with Crippen LogP contribution in [0.3, 0.4) is 0 Å². The number of thiophene rings is 1. The van der Waals surface area contributed by atoms with Crippen LogP contribution in [0.5, 0.6) is 0 Å². The van der Waals surface area contributed by atoms with Crippen molar-refractivity contribution < 1.29 is 17.6 Å². The van der Waals surface area contributed by atoms with Gasteiger partial charge in [0.2, 0.25) is 0 Å². The van der Waals surface area contributed by atoms with Gasteiger partial charge in [0, 0.05) is 31.7 Å². The number of amides is 1. The first-order valence-electron chi connectivity index (χ1n) is 7.60. The molecule has 0 unspecified atom stereocenters. The number of rotatable bonds is 3. The van der Waals surface area contributed by atoms with Gasteiger partial charge in [-0.25, -0.2) is 12.8 Å². The maximum absolute atomic E-state index is 13.7. The monoisotopic (exact) mass is 446 g/mol. The second-order valence-electron chi connectivity index (χ2n) is 5.72. The van der Waals surface area contributed by atoms with E-state index in [1.165, 1.54) is 10.4 Å². The Kier molecular flexibility index (Phi) is 5.29. The lowest BCUT2D eigenvalue weighted by Crippen LogP contribution is -2.50. The van der Waals surface area contributed by atoms with Crippen molar-refractivity contribution in [3.05, 3.63) is 51.1 Å². The average molecular weight is 447 g/mol. The van der Waals surface area contributed by atoms with Gasteiger partial charge < -0.3 is 4.90 Å². The Labute approximate surface area is 158 Å². The number of aryl methyl sites for hydroxylation is 1. The zero-order valence-electron chi connectivity index (χ0n) is 13.4. The molecule has 5 nitrogen and oxygen atoms in total. The summed E-state index contributed by atoms with van der Waals surface area (Å²) < 4.78 is 41.2. The van der Waals surface area contributed by atoms with E-state index in [0.717, 1.165) is 15.1 Å². The number of hydrogen-bond donors (Lipinski definition) is 0. The molecule has 0 atom stereocenters. The van der Waals surface area contributed by atoms with E-state index in [2.05, 4.69) is 15.9 Å². The van der Waals surface area contributed by atoms with Gasteiger partial charge in [-0.2, -0.15) is 4.31 Å². The number of carbonyl (C=O) groups is 1. The van der Waals surface area contributed by atoms with Gasteiger partial charge in [-0.3, -0.25) is 4.79 Å². The minimum atomic E-state index is -3.54. The SMILES string of the molecule is Cc1ccc(C(=O)N2CCN(S(=O)(=O)c3ccc(Br)s3)CC2)cc1F. The number of carbonyl (C=O) groups excluding carboxylic acids is 1. The van der Waals surface area contributed by atoms with Crippen molar-refractivity contribution >= 4 is 43.2 Å². The predicted octanol–water partition coefficient (Wildman–Crippen LogP) is 3.10. The Morgan fingerprint density at radius 3 is 2.40 bits per heavy atom. The molecular weight excluding hydrogens is 431 g/mol. The van der Waals surface area contributed by atoms with Crippen LogP contribution in [0.1, 0.15) is 15.9 Å². The molecule has 2 heterocycles. The molecule has 25 heavy (non-hydrogen) atoms. The molecule has 1 aliphatic rings. The van der Waals surface area contributed by atoms with E-state index in [-0.39, 0.29) is 41.9 Å². The Morgan fingerprint density at radius 2 is 1.84 bits per heavy atom. The van der Waals surface area contributed by atoms with E-state index in [1.807, 2.05) is 0 Å². The third-order valence-corrected chi connectivity index (χ3v) is 8.08. The van der Waals surface area contributed by atoms with E-state index in [4.69, 9.17) is 0 Å². The van der Waals surface area contributed by atoms with Crippen LogP contribution in [0.15, 0.2) is 38.3 Å². The minimum Gasteiger partial charge on any atom is -0.336 e. The third kappa shape index (κ3) is 3.79. The van der Waals surface area contributed by atoms with Crippen molar-refractivity contribution in [3.8, 4) is 0 Å². The maximum Gasteiger partial charge on any atom is 0.254 e.